The summed E-state index contributed by atoms with van der Waals surface area (Å²) in [5.41, 5.74) is 5.55. The highest BCUT2D eigenvalue weighted by Gasteiger charge is 2.39. The van der Waals surface area contributed by atoms with Gasteiger partial charge >= 0.3 is 0 Å². The largest absolute Gasteiger partial charge is 0.381 e. The highest BCUT2D eigenvalue weighted by Crippen LogP contribution is 2.38. The van der Waals surface area contributed by atoms with E-state index in [0.29, 0.717) is 18.4 Å². The van der Waals surface area contributed by atoms with Gasteiger partial charge in [0.25, 0.3) is 0 Å². The molecule has 0 amide bonds. The van der Waals surface area contributed by atoms with E-state index >= 15 is 0 Å². The third-order valence-electron chi connectivity index (χ3n) is 3.98. The fourth-order valence-electron chi connectivity index (χ4n) is 2.90. The summed E-state index contributed by atoms with van der Waals surface area (Å²) >= 11 is 0. The molecule has 2 aliphatic heterocycles. The molecule has 1 aromatic rings. The monoisotopic (exact) mass is 252 g/mol. The van der Waals surface area contributed by atoms with Gasteiger partial charge in [0, 0.05) is 19.8 Å². The first kappa shape index (κ1) is 12.1. The van der Waals surface area contributed by atoms with Crippen molar-refractivity contribution in [1.82, 2.24) is 14.8 Å². The van der Waals surface area contributed by atoms with E-state index in [1.807, 2.05) is 4.68 Å². The van der Waals surface area contributed by atoms with Gasteiger partial charge in [-0.05, 0) is 25.7 Å². The maximum atomic E-state index is 6.03. The molecule has 0 saturated carbocycles. The van der Waals surface area contributed by atoms with E-state index in [9.17, 15) is 0 Å². The molecule has 2 N–H and O–H groups in total. The third kappa shape index (κ3) is 2.28. The number of nitrogens with two attached hydrogens (primary N) is 1. The molecule has 0 aromatic carbocycles. The van der Waals surface area contributed by atoms with Crippen molar-refractivity contribution in [2.24, 2.45) is 5.73 Å². The zero-order chi connectivity index (χ0) is 12.4. The molecule has 1 atom stereocenters. The second kappa shape index (κ2) is 4.95. The summed E-state index contributed by atoms with van der Waals surface area (Å²) in [6, 6.07) is 0.379. The van der Waals surface area contributed by atoms with Crippen molar-refractivity contribution in [2.45, 2.75) is 43.9 Å². The van der Waals surface area contributed by atoms with Gasteiger partial charge in [-0.3, -0.25) is 0 Å². The minimum absolute atomic E-state index is 0.00397. The topological polar surface area (TPSA) is 75.2 Å². The van der Waals surface area contributed by atoms with Crippen LogP contribution in [0.3, 0.4) is 0 Å². The van der Waals surface area contributed by atoms with Gasteiger partial charge < -0.3 is 15.2 Å². The molecule has 1 aromatic heterocycles. The van der Waals surface area contributed by atoms with Crippen molar-refractivity contribution in [3.8, 4) is 0 Å². The van der Waals surface area contributed by atoms with E-state index in [0.717, 1.165) is 45.5 Å². The quantitative estimate of drug-likeness (QED) is 0.836. The molecule has 6 nitrogen and oxygen atoms in total. The summed E-state index contributed by atoms with van der Waals surface area (Å²) in [5.74, 6) is 0.711. The average molecular weight is 252 g/mol. The van der Waals surface area contributed by atoms with E-state index in [2.05, 4.69) is 10.1 Å². The zero-order valence-electron chi connectivity index (χ0n) is 10.5. The maximum Gasteiger partial charge on any atom is 0.164 e. The predicted molar refractivity (Wildman–Crippen MR) is 64.9 cm³/mol. The summed E-state index contributed by atoms with van der Waals surface area (Å²) in [5, 5.41) is 4.42. The molecule has 3 rings (SSSR count). The number of hydrogen-bond donors (Lipinski definition) is 1. The molecular weight excluding hydrogens is 232 g/mol. The van der Waals surface area contributed by atoms with Gasteiger partial charge in [0.2, 0.25) is 0 Å². The Hall–Kier alpha value is -0.980. The SMILES string of the molecule is NCc1ncn(C2CCOC3(CCOCC3)C2)n1. The minimum Gasteiger partial charge on any atom is -0.381 e. The Morgan fingerprint density at radius 2 is 2.22 bits per heavy atom. The van der Waals surface area contributed by atoms with Crippen LogP contribution in [0.15, 0.2) is 6.33 Å². The lowest BCUT2D eigenvalue weighted by molar-refractivity contribution is -0.145. The van der Waals surface area contributed by atoms with Crippen LogP contribution in [0.1, 0.15) is 37.5 Å². The standard InChI is InChI=1S/C12H20N4O2/c13-8-11-14-9-16(15-11)10-1-4-18-12(7-10)2-5-17-6-3-12/h9-10H,1-8,13H2. The van der Waals surface area contributed by atoms with Crippen LogP contribution in [0.5, 0.6) is 0 Å². The number of ether oxygens (including phenoxy) is 2. The fourth-order valence-corrected chi connectivity index (χ4v) is 2.90. The van der Waals surface area contributed by atoms with Crippen molar-refractivity contribution >= 4 is 0 Å². The molecular formula is C12H20N4O2. The van der Waals surface area contributed by atoms with Gasteiger partial charge in [0.05, 0.1) is 18.2 Å². The summed E-state index contributed by atoms with van der Waals surface area (Å²) in [4.78, 5) is 4.20. The van der Waals surface area contributed by atoms with Crippen molar-refractivity contribution in [3.05, 3.63) is 12.2 Å². The van der Waals surface area contributed by atoms with Crippen LogP contribution in [0.25, 0.3) is 0 Å². The normalized spacial score (nSPS) is 27.5. The Labute approximate surface area is 106 Å². The van der Waals surface area contributed by atoms with Crippen LogP contribution >= 0.6 is 0 Å². The second-order valence-corrected chi connectivity index (χ2v) is 5.14. The number of nitrogens with zero attached hydrogens (tertiary/aromatic N) is 3. The zero-order valence-corrected chi connectivity index (χ0v) is 10.5. The van der Waals surface area contributed by atoms with Crippen molar-refractivity contribution < 1.29 is 9.47 Å². The smallest absolute Gasteiger partial charge is 0.164 e. The molecule has 0 radical (unpaired) electrons. The van der Waals surface area contributed by atoms with Gasteiger partial charge in [-0.2, -0.15) is 5.10 Å². The lowest BCUT2D eigenvalue weighted by Gasteiger charge is -2.43. The highest BCUT2D eigenvalue weighted by molar-refractivity contribution is 4.92. The van der Waals surface area contributed by atoms with E-state index in [4.69, 9.17) is 15.2 Å². The summed E-state index contributed by atoms with van der Waals surface area (Å²) in [6.45, 7) is 2.80. The number of rotatable bonds is 2. The second-order valence-electron chi connectivity index (χ2n) is 5.14. The molecule has 1 unspecified atom stereocenters. The Balaban J connectivity index is 1.73. The third-order valence-corrected chi connectivity index (χ3v) is 3.98. The first-order chi connectivity index (χ1) is 8.81. The first-order valence-corrected chi connectivity index (χ1v) is 6.63. The predicted octanol–water partition coefficient (Wildman–Crippen LogP) is 0.637. The van der Waals surface area contributed by atoms with Crippen LogP contribution in [0.4, 0.5) is 0 Å². The van der Waals surface area contributed by atoms with Crippen LogP contribution in [0, 0.1) is 0 Å². The van der Waals surface area contributed by atoms with Gasteiger partial charge in [-0.1, -0.05) is 0 Å². The molecule has 0 bridgehead atoms. The Morgan fingerprint density at radius 1 is 1.39 bits per heavy atom. The minimum atomic E-state index is -0.00397. The molecule has 1 spiro atoms. The van der Waals surface area contributed by atoms with E-state index in [-0.39, 0.29) is 5.60 Å². The molecule has 18 heavy (non-hydrogen) atoms. The van der Waals surface area contributed by atoms with Crippen molar-refractivity contribution in [1.29, 1.82) is 0 Å². The van der Waals surface area contributed by atoms with Gasteiger partial charge in [0.1, 0.15) is 6.33 Å². The molecule has 6 heteroatoms. The molecule has 2 fully saturated rings. The first-order valence-electron chi connectivity index (χ1n) is 6.63. The molecule has 0 aliphatic carbocycles. The number of hydrogen-bond acceptors (Lipinski definition) is 5. The summed E-state index contributed by atoms with van der Waals surface area (Å²) < 4.78 is 13.4. The Kier molecular flexibility index (Phi) is 3.32. The van der Waals surface area contributed by atoms with Gasteiger partial charge in [0.15, 0.2) is 5.82 Å². The van der Waals surface area contributed by atoms with Crippen LogP contribution in [-0.4, -0.2) is 40.2 Å². The van der Waals surface area contributed by atoms with Crippen molar-refractivity contribution in [2.75, 3.05) is 19.8 Å². The molecule has 2 saturated heterocycles. The molecule has 100 valence electrons. The van der Waals surface area contributed by atoms with Crippen LogP contribution in [-0.2, 0) is 16.0 Å². The van der Waals surface area contributed by atoms with Gasteiger partial charge in [-0.25, -0.2) is 9.67 Å². The van der Waals surface area contributed by atoms with E-state index < -0.39 is 0 Å². The van der Waals surface area contributed by atoms with Crippen LogP contribution in [0.2, 0.25) is 0 Å². The van der Waals surface area contributed by atoms with Crippen molar-refractivity contribution in [3.63, 3.8) is 0 Å². The van der Waals surface area contributed by atoms with Crippen LogP contribution < -0.4 is 5.73 Å². The van der Waals surface area contributed by atoms with Gasteiger partial charge in [-0.15, -0.1) is 0 Å². The van der Waals surface area contributed by atoms with E-state index in [1.54, 1.807) is 6.33 Å². The number of aromatic nitrogens is 3. The summed E-state index contributed by atoms with van der Waals surface area (Å²) in [7, 11) is 0. The maximum absolute atomic E-state index is 6.03. The average Bonchev–Trinajstić information content (AvgIpc) is 2.88. The van der Waals surface area contributed by atoms with E-state index in [1.165, 1.54) is 0 Å². The lowest BCUT2D eigenvalue weighted by atomic mass is 9.84. The lowest BCUT2D eigenvalue weighted by Crippen LogP contribution is -2.44. The Bertz CT molecular complexity index is 395. The summed E-state index contributed by atoms with van der Waals surface area (Å²) in [6.07, 6.45) is 5.77. The Morgan fingerprint density at radius 3 is 2.94 bits per heavy atom. The molecule has 3 heterocycles. The molecule has 2 aliphatic rings. The fraction of sp³-hybridized carbons (Fsp3) is 0.833. The highest BCUT2D eigenvalue weighted by atomic mass is 16.5.